The van der Waals surface area contributed by atoms with Gasteiger partial charge in [0.05, 0.1) is 66.1 Å². The van der Waals surface area contributed by atoms with Gasteiger partial charge in [0.25, 0.3) is 0 Å². The molecule has 19 heavy (non-hydrogen) atoms. The molecule has 5 nitrogen and oxygen atoms in total. The van der Waals surface area contributed by atoms with Gasteiger partial charge in [-0.15, -0.1) is 6.58 Å². The molecule has 0 aliphatic rings. The molecule has 0 radical (unpaired) electrons. The number of rotatable bonds is 16. The van der Waals surface area contributed by atoms with E-state index in [1.165, 1.54) is 0 Å². The topological polar surface area (TPSA) is 46.2 Å². The highest BCUT2D eigenvalue weighted by molar-refractivity contribution is 4.63. The van der Waals surface area contributed by atoms with E-state index in [0.717, 1.165) is 0 Å². The van der Waals surface area contributed by atoms with Crippen LogP contribution >= 0.6 is 0 Å². The van der Waals surface area contributed by atoms with Gasteiger partial charge in [-0.1, -0.05) is 6.08 Å². The molecule has 0 heterocycles. The summed E-state index contributed by atoms with van der Waals surface area (Å²) in [6, 6.07) is 0. The maximum Gasteiger partial charge on any atom is 0.113 e. The fourth-order valence-corrected chi connectivity index (χ4v) is 1.10. The van der Waals surface area contributed by atoms with Crippen molar-refractivity contribution in [2.45, 2.75) is 0 Å². The number of hydrogen-bond acceptors (Lipinski definition) is 5. The van der Waals surface area contributed by atoms with Gasteiger partial charge in [-0.25, -0.2) is 4.39 Å². The van der Waals surface area contributed by atoms with E-state index in [1.807, 2.05) is 0 Å². The Morgan fingerprint density at radius 1 is 0.632 bits per heavy atom. The van der Waals surface area contributed by atoms with E-state index in [4.69, 9.17) is 23.7 Å². The third kappa shape index (κ3) is 17.5. The highest BCUT2D eigenvalue weighted by atomic mass is 19.1. The monoisotopic (exact) mass is 280 g/mol. The molecule has 0 aliphatic heterocycles. The molecule has 0 aromatic rings. The van der Waals surface area contributed by atoms with Gasteiger partial charge in [0.15, 0.2) is 0 Å². The van der Waals surface area contributed by atoms with Crippen LogP contribution in [0.25, 0.3) is 0 Å². The van der Waals surface area contributed by atoms with Gasteiger partial charge >= 0.3 is 0 Å². The fourth-order valence-electron chi connectivity index (χ4n) is 1.10. The van der Waals surface area contributed by atoms with Gasteiger partial charge in [0.2, 0.25) is 0 Å². The Hall–Kier alpha value is -0.530. The zero-order valence-corrected chi connectivity index (χ0v) is 11.5. The van der Waals surface area contributed by atoms with Gasteiger partial charge in [0, 0.05) is 0 Å². The van der Waals surface area contributed by atoms with Crippen LogP contribution in [0, 0.1) is 0 Å². The normalized spacial score (nSPS) is 10.8. The molecule has 0 spiro atoms. The Labute approximate surface area is 114 Å². The van der Waals surface area contributed by atoms with Gasteiger partial charge in [-0.05, 0) is 0 Å². The van der Waals surface area contributed by atoms with Crippen molar-refractivity contribution >= 4 is 0 Å². The maximum atomic E-state index is 11.6. The number of halogens is 1. The first-order valence-electron chi connectivity index (χ1n) is 6.47. The molecule has 0 aromatic heterocycles. The number of hydrogen-bond donors (Lipinski definition) is 0. The molecule has 0 N–H and O–H groups in total. The minimum absolute atomic E-state index is 0.133. The lowest BCUT2D eigenvalue weighted by atomic mass is 10.6. The van der Waals surface area contributed by atoms with E-state index in [9.17, 15) is 4.39 Å². The van der Waals surface area contributed by atoms with Crippen molar-refractivity contribution in [2.75, 3.05) is 72.7 Å². The second kappa shape index (κ2) is 17.5. The van der Waals surface area contributed by atoms with Crippen LogP contribution in [-0.2, 0) is 23.7 Å². The Balaban J connectivity index is 2.89. The molecule has 0 rings (SSSR count). The molecule has 6 heteroatoms. The van der Waals surface area contributed by atoms with Crippen molar-refractivity contribution in [3.63, 3.8) is 0 Å². The summed E-state index contributed by atoms with van der Waals surface area (Å²) in [6.45, 7) is 7.84. The van der Waals surface area contributed by atoms with Crippen LogP contribution in [0.1, 0.15) is 0 Å². The summed E-state index contributed by atoms with van der Waals surface area (Å²) in [6.07, 6.45) is 1.70. The van der Waals surface area contributed by atoms with Crippen molar-refractivity contribution in [1.29, 1.82) is 0 Å². The molecule has 0 saturated carbocycles. The molecular weight excluding hydrogens is 255 g/mol. The summed E-state index contributed by atoms with van der Waals surface area (Å²) < 4.78 is 37.5. The van der Waals surface area contributed by atoms with Crippen LogP contribution in [0.5, 0.6) is 0 Å². The average Bonchev–Trinajstić information content (AvgIpc) is 2.43. The zero-order valence-electron chi connectivity index (χ0n) is 11.5. The Bertz CT molecular complexity index is 180. The van der Waals surface area contributed by atoms with Gasteiger partial charge in [-0.3, -0.25) is 0 Å². The molecule has 0 bridgehead atoms. The lowest BCUT2D eigenvalue weighted by Gasteiger charge is -2.07. The summed E-state index contributed by atoms with van der Waals surface area (Å²) in [7, 11) is 0. The molecule has 114 valence electrons. The van der Waals surface area contributed by atoms with E-state index in [2.05, 4.69) is 6.58 Å². The van der Waals surface area contributed by atoms with Crippen LogP contribution in [0.3, 0.4) is 0 Å². The highest BCUT2D eigenvalue weighted by Gasteiger charge is 1.92. The lowest BCUT2D eigenvalue weighted by Crippen LogP contribution is -2.13. The first-order valence-corrected chi connectivity index (χ1v) is 6.47. The lowest BCUT2D eigenvalue weighted by molar-refractivity contribution is -0.0101. The van der Waals surface area contributed by atoms with E-state index >= 15 is 0 Å². The van der Waals surface area contributed by atoms with Gasteiger partial charge < -0.3 is 23.7 Å². The minimum atomic E-state index is -0.457. The summed E-state index contributed by atoms with van der Waals surface area (Å²) in [5.41, 5.74) is 0. The summed E-state index contributed by atoms with van der Waals surface area (Å²) in [5, 5.41) is 0. The fraction of sp³-hybridized carbons (Fsp3) is 0.846. The summed E-state index contributed by atoms with van der Waals surface area (Å²) >= 11 is 0. The number of alkyl halides is 1. The quantitative estimate of drug-likeness (QED) is 0.314. The minimum Gasteiger partial charge on any atom is -0.377 e. The Morgan fingerprint density at radius 2 is 1.00 bits per heavy atom. The molecule has 0 unspecified atom stereocenters. The summed E-state index contributed by atoms with van der Waals surface area (Å²) in [4.78, 5) is 0. The maximum absolute atomic E-state index is 11.6. The first-order chi connectivity index (χ1) is 9.41. The third-order valence-electron chi connectivity index (χ3n) is 1.95. The van der Waals surface area contributed by atoms with Crippen LogP contribution in [0.4, 0.5) is 4.39 Å². The predicted octanol–water partition coefficient (Wildman–Crippen LogP) is 1.22. The SMILES string of the molecule is C=CCOCCOCCOCCOCCOCCF. The Kier molecular flexibility index (Phi) is 17.0. The molecule has 0 amide bonds. The van der Waals surface area contributed by atoms with Gasteiger partial charge in [-0.2, -0.15) is 0 Å². The number of ether oxygens (including phenoxy) is 5. The molecule has 0 atom stereocenters. The van der Waals surface area contributed by atoms with E-state index in [1.54, 1.807) is 6.08 Å². The molecule has 0 saturated heterocycles. The molecule has 0 fully saturated rings. The van der Waals surface area contributed by atoms with Crippen LogP contribution in [0.2, 0.25) is 0 Å². The Morgan fingerprint density at radius 3 is 1.37 bits per heavy atom. The van der Waals surface area contributed by atoms with Crippen LogP contribution < -0.4 is 0 Å². The predicted molar refractivity (Wildman–Crippen MR) is 70.3 cm³/mol. The van der Waals surface area contributed by atoms with Crippen molar-refractivity contribution < 1.29 is 28.1 Å². The first kappa shape index (κ1) is 18.5. The summed E-state index contributed by atoms with van der Waals surface area (Å²) in [5.74, 6) is 0. The molecular formula is C13H25FO5. The van der Waals surface area contributed by atoms with Crippen molar-refractivity contribution in [1.82, 2.24) is 0 Å². The molecule has 0 aliphatic carbocycles. The largest absolute Gasteiger partial charge is 0.377 e. The van der Waals surface area contributed by atoms with Crippen molar-refractivity contribution in [2.24, 2.45) is 0 Å². The standard InChI is InChI=1S/C13H25FO5/c1-2-4-15-6-8-17-10-12-19-13-11-18-9-7-16-5-3-14/h2H,1,3-13H2. The smallest absolute Gasteiger partial charge is 0.113 e. The second-order valence-corrected chi connectivity index (χ2v) is 3.50. The van der Waals surface area contributed by atoms with Crippen LogP contribution in [-0.4, -0.2) is 72.7 Å². The van der Waals surface area contributed by atoms with Gasteiger partial charge in [0.1, 0.15) is 6.67 Å². The zero-order chi connectivity index (χ0) is 14.0. The van der Waals surface area contributed by atoms with E-state index < -0.39 is 6.67 Å². The second-order valence-electron chi connectivity index (χ2n) is 3.50. The van der Waals surface area contributed by atoms with Crippen LogP contribution in [0.15, 0.2) is 12.7 Å². The third-order valence-corrected chi connectivity index (χ3v) is 1.95. The average molecular weight is 280 g/mol. The van der Waals surface area contributed by atoms with E-state index in [-0.39, 0.29) is 6.61 Å². The van der Waals surface area contributed by atoms with Crippen molar-refractivity contribution in [3.8, 4) is 0 Å². The highest BCUT2D eigenvalue weighted by Crippen LogP contribution is 1.84. The molecule has 0 aromatic carbocycles. The van der Waals surface area contributed by atoms with Crippen molar-refractivity contribution in [3.05, 3.63) is 12.7 Å². The van der Waals surface area contributed by atoms with E-state index in [0.29, 0.717) is 59.5 Å².